The summed E-state index contributed by atoms with van der Waals surface area (Å²) in [7, 11) is 0. The molecular weight excluding hydrogens is 186 g/mol. The number of nitrogens with one attached hydrogen (secondary N) is 1. The monoisotopic (exact) mass is 211 g/mol. The van der Waals surface area contributed by atoms with Crippen LogP contribution in [-0.4, -0.2) is 29.9 Å². The van der Waals surface area contributed by atoms with Crippen LogP contribution in [0.4, 0.5) is 0 Å². The third kappa shape index (κ3) is 3.49. The van der Waals surface area contributed by atoms with Crippen molar-refractivity contribution in [3.8, 4) is 0 Å². The molecule has 0 aromatic heterocycles. The van der Waals surface area contributed by atoms with Crippen LogP contribution in [0.3, 0.4) is 0 Å². The quantitative estimate of drug-likeness (QED) is 0.553. The second kappa shape index (κ2) is 4.97. The predicted octanol–water partition coefficient (Wildman–Crippen LogP) is 2.21. The summed E-state index contributed by atoms with van der Waals surface area (Å²) in [6.07, 6.45) is 5.01. The van der Waals surface area contributed by atoms with Gasteiger partial charge in [-0.05, 0) is 39.3 Å². The lowest BCUT2D eigenvalue weighted by atomic mass is 9.87. The molecular formula is C12H25N3. The minimum atomic E-state index is -0.142. The molecule has 0 amide bonds. The highest BCUT2D eigenvalue weighted by atomic mass is 15.2. The van der Waals surface area contributed by atoms with Crippen LogP contribution in [0.1, 0.15) is 46.5 Å². The Hall–Kier alpha value is -0.570. The molecule has 1 heterocycles. The number of rotatable bonds is 4. The lowest BCUT2D eigenvalue weighted by Crippen LogP contribution is -2.41. The first-order valence-corrected chi connectivity index (χ1v) is 6.02. The van der Waals surface area contributed by atoms with Crippen LogP contribution >= 0.6 is 0 Å². The standard InChI is InChI=1S/C12H25N3/c1-10-6-4-5-8-15(10)9-7-12(2,3)11(13)14/h10H,4-9H2,1-3H3,(H3,13,14). The summed E-state index contributed by atoms with van der Waals surface area (Å²) in [4.78, 5) is 2.54. The Balaban J connectivity index is 2.38. The fourth-order valence-electron chi connectivity index (χ4n) is 2.05. The van der Waals surface area contributed by atoms with Gasteiger partial charge >= 0.3 is 0 Å². The molecule has 0 radical (unpaired) electrons. The first-order valence-electron chi connectivity index (χ1n) is 6.02. The Bertz CT molecular complexity index is 223. The summed E-state index contributed by atoms with van der Waals surface area (Å²) in [6, 6.07) is 0.710. The van der Waals surface area contributed by atoms with E-state index in [0.29, 0.717) is 11.9 Å². The fourth-order valence-corrected chi connectivity index (χ4v) is 2.05. The minimum Gasteiger partial charge on any atom is -0.387 e. The first-order chi connectivity index (χ1) is 6.93. The van der Waals surface area contributed by atoms with Gasteiger partial charge in [-0.25, -0.2) is 0 Å². The molecule has 3 N–H and O–H groups in total. The van der Waals surface area contributed by atoms with Crippen LogP contribution in [0, 0.1) is 10.8 Å². The van der Waals surface area contributed by atoms with E-state index < -0.39 is 0 Å². The first kappa shape index (κ1) is 12.5. The molecule has 1 saturated heterocycles. The van der Waals surface area contributed by atoms with Gasteiger partial charge in [-0.2, -0.15) is 0 Å². The number of likely N-dealkylation sites (tertiary alicyclic amines) is 1. The molecule has 3 nitrogen and oxygen atoms in total. The smallest absolute Gasteiger partial charge is 0.0963 e. The summed E-state index contributed by atoms with van der Waals surface area (Å²) in [6.45, 7) is 8.72. The van der Waals surface area contributed by atoms with E-state index in [1.165, 1.54) is 25.8 Å². The molecule has 15 heavy (non-hydrogen) atoms. The molecule has 0 spiro atoms. The average molecular weight is 211 g/mol. The number of piperidine rings is 1. The number of hydrogen-bond acceptors (Lipinski definition) is 2. The van der Waals surface area contributed by atoms with E-state index in [0.717, 1.165) is 13.0 Å². The normalized spacial score (nSPS) is 24.1. The van der Waals surface area contributed by atoms with Gasteiger partial charge in [0.15, 0.2) is 0 Å². The maximum Gasteiger partial charge on any atom is 0.0963 e. The van der Waals surface area contributed by atoms with Gasteiger partial charge in [0.1, 0.15) is 0 Å². The second-order valence-corrected chi connectivity index (χ2v) is 5.43. The molecule has 3 heteroatoms. The maximum atomic E-state index is 7.52. The Morgan fingerprint density at radius 2 is 2.13 bits per heavy atom. The van der Waals surface area contributed by atoms with Crippen molar-refractivity contribution in [1.82, 2.24) is 4.90 Å². The zero-order valence-electron chi connectivity index (χ0n) is 10.3. The van der Waals surface area contributed by atoms with E-state index in [1.54, 1.807) is 0 Å². The molecule has 1 rings (SSSR count). The third-order valence-electron chi connectivity index (χ3n) is 3.69. The van der Waals surface area contributed by atoms with E-state index in [-0.39, 0.29) is 5.41 Å². The van der Waals surface area contributed by atoms with Crippen LogP contribution in [0.25, 0.3) is 0 Å². The molecule has 1 aliphatic rings. The van der Waals surface area contributed by atoms with Crippen molar-refractivity contribution in [2.45, 2.75) is 52.5 Å². The van der Waals surface area contributed by atoms with E-state index in [1.807, 2.05) is 0 Å². The molecule has 0 aromatic rings. The van der Waals surface area contributed by atoms with Gasteiger partial charge in [0, 0.05) is 11.5 Å². The van der Waals surface area contributed by atoms with E-state index in [2.05, 4.69) is 25.7 Å². The van der Waals surface area contributed by atoms with Crippen molar-refractivity contribution in [2.75, 3.05) is 13.1 Å². The van der Waals surface area contributed by atoms with Crippen LogP contribution in [0.2, 0.25) is 0 Å². The highest BCUT2D eigenvalue weighted by Crippen LogP contribution is 2.23. The van der Waals surface area contributed by atoms with Gasteiger partial charge in [0.2, 0.25) is 0 Å². The lowest BCUT2D eigenvalue weighted by molar-refractivity contribution is 0.147. The van der Waals surface area contributed by atoms with Crippen molar-refractivity contribution in [3.63, 3.8) is 0 Å². The molecule has 1 atom stereocenters. The van der Waals surface area contributed by atoms with Gasteiger partial charge in [0.05, 0.1) is 5.84 Å². The number of nitrogens with two attached hydrogens (primary N) is 1. The van der Waals surface area contributed by atoms with Crippen LogP contribution in [-0.2, 0) is 0 Å². The van der Waals surface area contributed by atoms with E-state index in [9.17, 15) is 0 Å². The predicted molar refractivity (Wildman–Crippen MR) is 65.2 cm³/mol. The SMILES string of the molecule is CC1CCCCN1CCC(C)(C)C(=N)N. The summed E-state index contributed by atoms with van der Waals surface area (Å²) >= 11 is 0. The minimum absolute atomic E-state index is 0.142. The number of nitrogens with zero attached hydrogens (tertiary/aromatic N) is 1. The van der Waals surface area contributed by atoms with Gasteiger partial charge in [-0.15, -0.1) is 0 Å². The topological polar surface area (TPSA) is 53.1 Å². The Morgan fingerprint density at radius 1 is 1.47 bits per heavy atom. The molecule has 1 fully saturated rings. The summed E-state index contributed by atoms with van der Waals surface area (Å²) in [5.41, 5.74) is 5.44. The zero-order chi connectivity index (χ0) is 11.5. The molecule has 0 aromatic carbocycles. The maximum absolute atomic E-state index is 7.52. The van der Waals surface area contributed by atoms with Gasteiger partial charge in [0.25, 0.3) is 0 Å². The van der Waals surface area contributed by atoms with E-state index in [4.69, 9.17) is 11.1 Å². The molecule has 1 aliphatic heterocycles. The second-order valence-electron chi connectivity index (χ2n) is 5.43. The molecule has 0 aliphatic carbocycles. The van der Waals surface area contributed by atoms with E-state index >= 15 is 0 Å². The third-order valence-corrected chi connectivity index (χ3v) is 3.69. The Morgan fingerprint density at radius 3 is 2.67 bits per heavy atom. The molecule has 0 saturated carbocycles. The molecule has 88 valence electrons. The summed E-state index contributed by atoms with van der Waals surface area (Å²) in [5.74, 6) is 0.312. The highest BCUT2D eigenvalue weighted by molar-refractivity contribution is 5.82. The van der Waals surface area contributed by atoms with Gasteiger partial charge in [-0.3, -0.25) is 5.41 Å². The summed E-state index contributed by atoms with van der Waals surface area (Å²) < 4.78 is 0. The van der Waals surface area contributed by atoms with Crippen molar-refractivity contribution < 1.29 is 0 Å². The van der Waals surface area contributed by atoms with Gasteiger partial charge < -0.3 is 10.6 Å². The number of hydrogen-bond donors (Lipinski definition) is 2. The Labute approximate surface area is 93.5 Å². The largest absolute Gasteiger partial charge is 0.387 e. The van der Waals surface area contributed by atoms with Crippen LogP contribution in [0.5, 0.6) is 0 Å². The molecule has 1 unspecified atom stereocenters. The average Bonchev–Trinajstić information content (AvgIpc) is 2.16. The van der Waals surface area contributed by atoms with Gasteiger partial charge in [-0.1, -0.05) is 20.3 Å². The van der Waals surface area contributed by atoms with Crippen molar-refractivity contribution in [1.29, 1.82) is 5.41 Å². The molecule has 0 bridgehead atoms. The van der Waals surface area contributed by atoms with Crippen LogP contribution in [0.15, 0.2) is 0 Å². The zero-order valence-corrected chi connectivity index (χ0v) is 10.3. The highest BCUT2D eigenvalue weighted by Gasteiger charge is 2.25. The Kier molecular flexibility index (Phi) is 4.14. The lowest BCUT2D eigenvalue weighted by Gasteiger charge is -2.35. The van der Waals surface area contributed by atoms with Crippen LogP contribution < -0.4 is 5.73 Å². The fraction of sp³-hybridized carbons (Fsp3) is 0.917. The summed E-state index contributed by atoms with van der Waals surface area (Å²) in [5, 5.41) is 7.52. The van der Waals surface area contributed by atoms with Crippen molar-refractivity contribution >= 4 is 5.84 Å². The van der Waals surface area contributed by atoms with Crippen molar-refractivity contribution in [3.05, 3.63) is 0 Å². The number of amidine groups is 1. The van der Waals surface area contributed by atoms with Crippen molar-refractivity contribution in [2.24, 2.45) is 11.1 Å².